The number of hydrogen-bond acceptors (Lipinski definition) is 3. The lowest BCUT2D eigenvalue weighted by Crippen LogP contribution is -2.11. The molecule has 0 radical (unpaired) electrons. The zero-order valence-electron chi connectivity index (χ0n) is 8.18. The number of carbonyl (C=O) groups excluding carboxylic acids is 1. The highest BCUT2D eigenvalue weighted by atomic mass is 16.1. The molecule has 0 bridgehead atoms. The molecule has 15 heavy (non-hydrogen) atoms. The van der Waals surface area contributed by atoms with E-state index < -0.39 is 5.91 Å². The second kappa shape index (κ2) is 3.70. The molecule has 0 aliphatic rings. The van der Waals surface area contributed by atoms with E-state index >= 15 is 0 Å². The van der Waals surface area contributed by atoms with Gasteiger partial charge in [0.1, 0.15) is 0 Å². The number of primary amides is 1. The van der Waals surface area contributed by atoms with Gasteiger partial charge in [0.05, 0.1) is 17.4 Å². The van der Waals surface area contributed by atoms with Gasteiger partial charge in [-0.25, -0.2) is 4.98 Å². The highest BCUT2D eigenvalue weighted by Crippen LogP contribution is 2.14. The minimum atomic E-state index is -0.440. The van der Waals surface area contributed by atoms with Crippen LogP contribution >= 0.6 is 0 Å². The zero-order valence-corrected chi connectivity index (χ0v) is 8.18. The average molecular weight is 204 g/mol. The van der Waals surface area contributed by atoms with E-state index in [0.29, 0.717) is 18.7 Å². The van der Waals surface area contributed by atoms with E-state index in [9.17, 15) is 4.79 Å². The third-order valence-electron chi connectivity index (χ3n) is 2.28. The summed E-state index contributed by atoms with van der Waals surface area (Å²) in [5.41, 5.74) is 12.8. The van der Waals surface area contributed by atoms with Crippen molar-refractivity contribution in [3.8, 4) is 0 Å². The van der Waals surface area contributed by atoms with Crippen molar-refractivity contribution < 1.29 is 4.79 Å². The standard InChI is InChI=1S/C10H12N4O/c11-3-4-14-6-13-8-5-7(10(12)15)1-2-9(8)14/h1-2,5-6H,3-4,11H2,(H2,12,15). The molecule has 0 atom stereocenters. The van der Waals surface area contributed by atoms with Crippen molar-refractivity contribution in [2.45, 2.75) is 6.54 Å². The van der Waals surface area contributed by atoms with Crippen LogP contribution < -0.4 is 11.5 Å². The first-order valence-corrected chi connectivity index (χ1v) is 4.67. The SMILES string of the molecule is NCCn1cnc2cc(C(N)=O)ccc21. The fraction of sp³-hybridized carbons (Fsp3) is 0.200. The Morgan fingerprint density at radius 2 is 2.27 bits per heavy atom. The lowest BCUT2D eigenvalue weighted by Gasteiger charge is -2.01. The summed E-state index contributed by atoms with van der Waals surface area (Å²) < 4.78 is 1.94. The van der Waals surface area contributed by atoms with Gasteiger partial charge >= 0.3 is 0 Å². The first-order chi connectivity index (χ1) is 7.22. The Labute approximate surface area is 86.7 Å². The molecular formula is C10H12N4O. The van der Waals surface area contributed by atoms with Gasteiger partial charge in [0.15, 0.2) is 0 Å². The summed E-state index contributed by atoms with van der Waals surface area (Å²) in [7, 11) is 0. The first kappa shape index (κ1) is 9.67. The van der Waals surface area contributed by atoms with Crippen LogP contribution in [0.15, 0.2) is 24.5 Å². The Bertz CT molecular complexity index is 503. The van der Waals surface area contributed by atoms with Crippen LogP contribution in [0.25, 0.3) is 11.0 Å². The highest BCUT2D eigenvalue weighted by molar-refractivity contribution is 5.96. The molecule has 0 aliphatic carbocycles. The van der Waals surface area contributed by atoms with Crippen LogP contribution in [-0.2, 0) is 6.54 Å². The predicted molar refractivity (Wildman–Crippen MR) is 57.3 cm³/mol. The molecule has 1 aromatic heterocycles. The van der Waals surface area contributed by atoms with E-state index in [4.69, 9.17) is 11.5 Å². The number of nitrogens with two attached hydrogens (primary N) is 2. The second-order valence-electron chi connectivity index (χ2n) is 3.29. The van der Waals surface area contributed by atoms with Crippen molar-refractivity contribution in [2.75, 3.05) is 6.54 Å². The Balaban J connectivity index is 2.51. The number of benzene rings is 1. The summed E-state index contributed by atoms with van der Waals surface area (Å²) in [6.07, 6.45) is 1.71. The van der Waals surface area contributed by atoms with Crippen molar-refractivity contribution in [1.82, 2.24) is 9.55 Å². The van der Waals surface area contributed by atoms with Gasteiger partial charge < -0.3 is 16.0 Å². The fourth-order valence-electron chi connectivity index (χ4n) is 1.53. The van der Waals surface area contributed by atoms with Gasteiger partial charge in [-0.3, -0.25) is 4.79 Å². The Kier molecular flexibility index (Phi) is 2.39. The minimum Gasteiger partial charge on any atom is -0.366 e. The molecule has 0 unspecified atom stereocenters. The van der Waals surface area contributed by atoms with Gasteiger partial charge in [0, 0.05) is 18.7 Å². The van der Waals surface area contributed by atoms with Crippen molar-refractivity contribution in [3.63, 3.8) is 0 Å². The second-order valence-corrected chi connectivity index (χ2v) is 3.29. The van der Waals surface area contributed by atoms with E-state index in [1.54, 1.807) is 18.5 Å². The molecule has 78 valence electrons. The van der Waals surface area contributed by atoms with E-state index in [0.717, 1.165) is 11.0 Å². The van der Waals surface area contributed by atoms with Gasteiger partial charge in [-0.2, -0.15) is 0 Å². The normalized spacial score (nSPS) is 10.7. The molecule has 1 heterocycles. The number of imidazole rings is 1. The fourth-order valence-corrected chi connectivity index (χ4v) is 1.53. The molecule has 0 fully saturated rings. The number of aromatic nitrogens is 2. The molecule has 2 aromatic rings. The van der Waals surface area contributed by atoms with Gasteiger partial charge in [0.2, 0.25) is 5.91 Å². The van der Waals surface area contributed by atoms with Crippen molar-refractivity contribution in [2.24, 2.45) is 11.5 Å². The molecule has 0 saturated carbocycles. The smallest absolute Gasteiger partial charge is 0.248 e. The largest absolute Gasteiger partial charge is 0.366 e. The van der Waals surface area contributed by atoms with Gasteiger partial charge in [-0.05, 0) is 18.2 Å². The molecule has 0 aliphatic heterocycles. The lowest BCUT2D eigenvalue weighted by molar-refractivity contribution is 0.100. The summed E-state index contributed by atoms with van der Waals surface area (Å²) in [5, 5.41) is 0. The maximum absolute atomic E-state index is 10.9. The first-order valence-electron chi connectivity index (χ1n) is 4.67. The van der Waals surface area contributed by atoms with Crippen LogP contribution in [0.2, 0.25) is 0 Å². The minimum absolute atomic E-state index is 0.440. The van der Waals surface area contributed by atoms with Crippen LogP contribution in [0.1, 0.15) is 10.4 Å². The van der Waals surface area contributed by atoms with E-state index in [-0.39, 0.29) is 0 Å². The highest BCUT2D eigenvalue weighted by Gasteiger charge is 2.05. The summed E-state index contributed by atoms with van der Waals surface area (Å²) in [6, 6.07) is 5.21. The number of rotatable bonds is 3. The molecule has 2 rings (SSSR count). The molecule has 0 spiro atoms. The number of hydrogen-bond donors (Lipinski definition) is 2. The molecule has 5 nitrogen and oxygen atoms in total. The number of nitrogens with zero attached hydrogens (tertiary/aromatic N) is 2. The Morgan fingerprint density at radius 3 is 2.93 bits per heavy atom. The predicted octanol–water partition coefficient (Wildman–Crippen LogP) is 0.0939. The van der Waals surface area contributed by atoms with Crippen molar-refractivity contribution in [1.29, 1.82) is 0 Å². The van der Waals surface area contributed by atoms with E-state index in [1.807, 2.05) is 10.6 Å². The van der Waals surface area contributed by atoms with E-state index in [2.05, 4.69) is 4.98 Å². The number of carbonyl (C=O) groups is 1. The number of amides is 1. The topological polar surface area (TPSA) is 86.9 Å². The quantitative estimate of drug-likeness (QED) is 0.743. The maximum atomic E-state index is 10.9. The summed E-state index contributed by atoms with van der Waals surface area (Å²) in [6.45, 7) is 1.27. The zero-order chi connectivity index (χ0) is 10.8. The van der Waals surface area contributed by atoms with Crippen LogP contribution in [-0.4, -0.2) is 22.0 Å². The van der Waals surface area contributed by atoms with Gasteiger partial charge in [0.25, 0.3) is 0 Å². The van der Waals surface area contributed by atoms with E-state index in [1.165, 1.54) is 0 Å². The summed E-state index contributed by atoms with van der Waals surface area (Å²) >= 11 is 0. The molecular weight excluding hydrogens is 192 g/mol. The molecule has 5 heteroatoms. The van der Waals surface area contributed by atoms with Crippen LogP contribution in [0, 0.1) is 0 Å². The molecule has 1 aromatic carbocycles. The van der Waals surface area contributed by atoms with Crippen molar-refractivity contribution in [3.05, 3.63) is 30.1 Å². The van der Waals surface area contributed by atoms with Crippen LogP contribution in [0.4, 0.5) is 0 Å². The monoisotopic (exact) mass is 204 g/mol. The van der Waals surface area contributed by atoms with Gasteiger partial charge in [-0.15, -0.1) is 0 Å². The Morgan fingerprint density at radius 1 is 1.47 bits per heavy atom. The average Bonchev–Trinajstić information content (AvgIpc) is 2.61. The lowest BCUT2D eigenvalue weighted by atomic mass is 10.2. The maximum Gasteiger partial charge on any atom is 0.248 e. The summed E-state index contributed by atoms with van der Waals surface area (Å²) in [5.74, 6) is -0.440. The van der Waals surface area contributed by atoms with Crippen molar-refractivity contribution >= 4 is 16.9 Å². The molecule has 0 saturated heterocycles. The molecule has 1 amide bonds. The summed E-state index contributed by atoms with van der Waals surface area (Å²) in [4.78, 5) is 15.1. The van der Waals surface area contributed by atoms with Gasteiger partial charge in [-0.1, -0.05) is 0 Å². The van der Waals surface area contributed by atoms with Crippen LogP contribution in [0.3, 0.4) is 0 Å². The third-order valence-corrected chi connectivity index (χ3v) is 2.28. The third kappa shape index (κ3) is 1.69. The molecule has 4 N–H and O–H groups in total. The number of fused-ring (bicyclic) bond motifs is 1. The Hall–Kier alpha value is -1.88. The van der Waals surface area contributed by atoms with Crippen LogP contribution in [0.5, 0.6) is 0 Å².